The number of anilines is 1. The molecule has 16 heavy (non-hydrogen) atoms. The molecule has 1 N–H and O–H groups in total. The van der Waals surface area contributed by atoms with E-state index in [2.05, 4.69) is 46.1 Å². The molecule has 88 valence electrons. The standard InChI is InChI=1S/C13H19BrN2/c1-3-11(7-10-4-5-10)16-13-6-9(2)12(14)8-15-13/h6,8,10-11H,3-5,7H2,1-2H3,(H,15,16). The van der Waals surface area contributed by atoms with Gasteiger partial charge in [-0.15, -0.1) is 0 Å². The molecule has 0 aromatic carbocycles. The third kappa shape index (κ3) is 3.21. The zero-order valence-electron chi connectivity index (χ0n) is 9.96. The van der Waals surface area contributed by atoms with Crippen LogP contribution in [0.2, 0.25) is 0 Å². The molecule has 1 heterocycles. The molecule has 0 amide bonds. The minimum absolute atomic E-state index is 0.584. The first-order chi connectivity index (χ1) is 7.69. The SMILES string of the molecule is CCC(CC1CC1)Nc1cc(C)c(Br)cn1. The lowest BCUT2D eigenvalue weighted by Gasteiger charge is -2.17. The summed E-state index contributed by atoms with van der Waals surface area (Å²) < 4.78 is 1.08. The molecule has 3 heteroatoms. The molecular formula is C13H19BrN2. The molecule has 1 aromatic heterocycles. The zero-order valence-corrected chi connectivity index (χ0v) is 11.5. The second kappa shape index (κ2) is 5.17. The van der Waals surface area contributed by atoms with Crippen LogP contribution in [-0.2, 0) is 0 Å². The number of aryl methyl sites for hydroxylation is 1. The predicted octanol–water partition coefficient (Wildman–Crippen LogP) is 4.14. The third-order valence-electron chi connectivity index (χ3n) is 3.21. The maximum absolute atomic E-state index is 4.40. The second-order valence-corrected chi connectivity index (χ2v) is 5.60. The van der Waals surface area contributed by atoms with Crippen molar-refractivity contribution in [2.75, 3.05) is 5.32 Å². The molecule has 1 aliphatic carbocycles. The Kier molecular flexibility index (Phi) is 3.85. The van der Waals surface area contributed by atoms with Crippen LogP contribution in [0, 0.1) is 12.8 Å². The first-order valence-corrected chi connectivity index (χ1v) is 6.87. The lowest BCUT2D eigenvalue weighted by atomic mass is 10.1. The molecule has 0 saturated heterocycles. The van der Waals surface area contributed by atoms with Gasteiger partial charge in [0.2, 0.25) is 0 Å². The van der Waals surface area contributed by atoms with Crippen LogP contribution in [-0.4, -0.2) is 11.0 Å². The number of aromatic nitrogens is 1. The van der Waals surface area contributed by atoms with Gasteiger partial charge >= 0.3 is 0 Å². The van der Waals surface area contributed by atoms with Crippen molar-refractivity contribution >= 4 is 21.7 Å². The fourth-order valence-electron chi connectivity index (χ4n) is 1.91. The smallest absolute Gasteiger partial charge is 0.126 e. The van der Waals surface area contributed by atoms with E-state index in [4.69, 9.17) is 0 Å². The van der Waals surface area contributed by atoms with Crippen molar-refractivity contribution in [3.8, 4) is 0 Å². The number of pyridine rings is 1. The number of halogens is 1. The molecule has 1 unspecified atom stereocenters. The summed E-state index contributed by atoms with van der Waals surface area (Å²) in [4.78, 5) is 4.40. The molecule has 0 aliphatic heterocycles. The van der Waals surface area contributed by atoms with E-state index < -0.39 is 0 Å². The molecule has 0 radical (unpaired) electrons. The Morgan fingerprint density at radius 1 is 1.56 bits per heavy atom. The number of hydrogen-bond donors (Lipinski definition) is 1. The normalized spacial score (nSPS) is 17.2. The van der Waals surface area contributed by atoms with Crippen molar-refractivity contribution in [3.63, 3.8) is 0 Å². The monoisotopic (exact) mass is 282 g/mol. The number of nitrogens with zero attached hydrogens (tertiary/aromatic N) is 1. The fourth-order valence-corrected chi connectivity index (χ4v) is 2.13. The van der Waals surface area contributed by atoms with E-state index in [0.29, 0.717) is 6.04 Å². The fraction of sp³-hybridized carbons (Fsp3) is 0.615. The van der Waals surface area contributed by atoms with Gasteiger partial charge < -0.3 is 5.32 Å². The highest BCUT2D eigenvalue weighted by Gasteiger charge is 2.24. The van der Waals surface area contributed by atoms with Gasteiger partial charge in [-0.1, -0.05) is 19.8 Å². The maximum Gasteiger partial charge on any atom is 0.126 e. The molecule has 1 atom stereocenters. The molecule has 1 aromatic rings. The van der Waals surface area contributed by atoms with E-state index in [1.807, 2.05) is 6.20 Å². The molecular weight excluding hydrogens is 264 g/mol. The Morgan fingerprint density at radius 2 is 2.31 bits per heavy atom. The van der Waals surface area contributed by atoms with Crippen molar-refractivity contribution in [2.45, 2.75) is 45.6 Å². The molecule has 2 nitrogen and oxygen atoms in total. The highest BCUT2D eigenvalue weighted by molar-refractivity contribution is 9.10. The highest BCUT2D eigenvalue weighted by Crippen LogP contribution is 2.34. The zero-order chi connectivity index (χ0) is 11.5. The molecule has 1 saturated carbocycles. The minimum atomic E-state index is 0.584. The van der Waals surface area contributed by atoms with Gasteiger partial charge in [0.25, 0.3) is 0 Å². The lowest BCUT2D eigenvalue weighted by molar-refractivity contribution is 0.585. The third-order valence-corrected chi connectivity index (χ3v) is 4.04. The molecule has 0 spiro atoms. The van der Waals surface area contributed by atoms with Crippen LogP contribution in [0.25, 0.3) is 0 Å². The predicted molar refractivity (Wildman–Crippen MR) is 71.7 cm³/mol. The van der Waals surface area contributed by atoms with Gasteiger partial charge in [0.15, 0.2) is 0 Å². The molecule has 0 bridgehead atoms. The summed E-state index contributed by atoms with van der Waals surface area (Å²) in [5, 5.41) is 3.54. The minimum Gasteiger partial charge on any atom is -0.367 e. The van der Waals surface area contributed by atoms with Crippen molar-refractivity contribution < 1.29 is 0 Å². The van der Waals surface area contributed by atoms with E-state index in [1.54, 1.807) is 0 Å². The molecule has 1 fully saturated rings. The Bertz CT molecular complexity index is 361. The largest absolute Gasteiger partial charge is 0.367 e. The van der Waals surface area contributed by atoms with E-state index in [1.165, 1.54) is 31.2 Å². The maximum atomic E-state index is 4.40. The summed E-state index contributed by atoms with van der Waals surface area (Å²) in [6.07, 6.45) is 7.19. The van der Waals surface area contributed by atoms with E-state index in [0.717, 1.165) is 16.2 Å². The van der Waals surface area contributed by atoms with Gasteiger partial charge in [-0.2, -0.15) is 0 Å². The lowest BCUT2D eigenvalue weighted by Crippen LogP contribution is -2.19. The summed E-state index contributed by atoms with van der Waals surface area (Å²) in [5.74, 6) is 1.97. The van der Waals surface area contributed by atoms with Gasteiger partial charge in [0, 0.05) is 16.7 Å². The van der Waals surface area contributed by atoms with Crippen LogP contribution < -0.4 is 5.32 Å². The number of hydrogen-bond acceptors (Lipinski definition) is 2. The topological polar surface area (TPSA) is 24.9 Å². The second-order valence-electron chi connectivity index (χ2n) is 4.75. The number of rotatable bonds is 5. The van der Waals surface area contributed by atoms with Gasteiger partial charge in [-0.25, -0.2) is 4.98 Å². The van der Waals surface area contributed by atoms with Gasteiger partial charge in [0.1, 0.15) is 5.82 Å². The van der Waals surface area contributed by atoms with Crippen molar-refractivity contribution in [3.05, 3.63) is 22.3 Å². The van der Waals surface area contributed by atoms with Crippen LogP contribution in [0.15, 0.2) is 16.7 Å². The first kappa shape index (κ1) is 11.9. The Labute approximate surface area is 106 Å². The number of nitrogens with one attached hydrogen (secondary N) is 1. The summed E-state index contributed by atoms with van der Waals surface area (Å²) in [5.41, 5.74) is 1.23. The van der Waals surface area contributed by atoms with Crippen molar-refractivity contribution in [1.82, 2.24) is 4.98 Å². The van der Waals surface area contributed by atoms with E-state index in [-0.39, 0.29) is 0 Å². The Morgan fingerprint density at radius 3 is 2.88 bits per heavy atom. The van der Waals surface area contributed by atoms with Crippen LogP contribution in [0.4, 0.5) is 5.82 Å². The van der Waals surface area contributed by atoms with Crippen LogP contribution in [0.3, 0.4) is 0 Å². The average Bonchev–Trinajstić information content (AvgIpc) is 3.06. The Balaban J connectivity index is 1.97. The summed E-state index contributed by atoms with van der Waals surface area (Å²) >= 11 is 3.47. The molecule has 1 aliphatic rings. The first-order valence-electron chi connectivity index (χ1n) is 6.07. The van der Waals surface area contributed by atoms with Crippen LogP contribution in [0.1, 0.15) is 38.2 Å². The average molecular weight is 283 g/mol. The quantitative estimate of drug-likeness (QED) is 0.878. The van der Waals surface area contributed by atoms with Crippen LogP contribution >= 0.6 is 15.9 Å². The van der Waals surface area contributed by atoms with Gasteiger partial charge in [-0.3, -0.25) is 0 Å². The summed E-state index contributed by atoms with van der Waals surface area (Å²) in [6, 6.07) is 2.69. The van der Waals surface area contributed by atoms with Gasteiger partial charge in [0.05, 0.1) is 0 Å². The summed E-state index contributed by atoms with van der Waals surface area (Å²) in [6.45, 7) is 4.34. The van der Waals surface area contributed by atoms with Crippen molar-refractivity contribution in [2.24, 2.45) is 5.92 Å². The summed E-state index contributed by atoms with van der Waals surface area (Å²) in [7, 11) is 0. The van der Waals surface area contributed by atoms with Gasteiger partial charge in [-0.05, 0) is 53.2 Å². The Hall–Kier alpha value is -0.570. The molecule has 2 rings (SSSR count). The van der Waals surface area contributed by atoms with E-state index >= 15 is 0 Å². The van der Waals surface area contributed by atoms with E-state index in [9.17, 15) is 0 Å². The van der Waals surface area contributed by atoms with Crippen LogP contribution in [0.5, 0.6) is 0 Å². The highest BCUT2D eigenvalue weighted by atomic mass is 79.9. The van der Waals surface area contributed by atoms with Crippen molar-refractivity contribution in [1.29, 1.82) is 0 Å².